The van der Waals surface area contributed by atoms with Crippen molar-refractivity contribution >= 4 is 12.3 Å². The Morgan fingerprint density at radius 3 is 1.76 bits per heavy atom. The van der Waals surface area contributed by atoms with Crippen LogP contribution in [0.4, 0.5) is 13.2 Å². The second-order valence-corrected chi connectivity index (χ2v) is 2.67. The lowest BCUT2D eigenvalue weighted by molar-refractivity contribution is -0.192. The quantitative estimate of drug-likeness (QED) is 0.367. The van der Waals surface area contributed by atoms with Gasteiger partial charge >= 0.3 is 12.1 Å². The summed E-state index contributed by atoms with van der Waals surface area (Å²) >= 11 is 0. The molecule has 0 aromatic rings. The maximum Gasteiger partial charge on any atom is 0.490 e. The molecule has 0 amide bonds. The van der Waals surface area contributed by atoms with Gasteiger partial charge in [0, 0.05) is 0 Å². The molecule has 7 nitrogen and oxygen atoms in total. The predicted octanol–water partition coefficient (Wildman–Crippen LogP) is -2.11. The number of carbonyl (C=O) groups is 2. The molecule has 0 aliphatic heterocycles. The van der Waals surface area contributed by atoms with Crippen LogP contribution in [0.1, 0.15) is 0 Å². The summed E-state index contributed by atoms with van der Waals surface area (Å²) in [5.74, 6) is -2.76. The molecule has 0 aliphatic carbocycles. The molecule has 0 aliphatic rings. The Morgan fingerprint density at radius 2 is 1.59 bits per heavy atom. The Hall–Kier alpha value is -1.23. The van der Waals surface area contributed by atoms with Gasteiger partial charge in [-0.3, -0.25) is 0 Å². The van der Waals surface area contributed by atoms with E-state index in [-0.39, 0.29) is 6.29 Å². The van der Waals surface area contributed by atoms with Crippen molar-refractivity contribution in [2.75, 3.05) is 6.61 Å². The van der Waals surface area contributed by atoms with Crippen molar-refractivity contribution in [2.45, 2.75) is 24.5 Å². The molecule has 17 heavy (non-hydrogen) atoms. The van der Waals surface area contributed by atoms with Gasteiger partial charge in [0.05, 0.1) is 6.61 Å². The van der Waals surface area contributed by atoms with Crippen molar-refractivity contribution in [2.24, 2.45) is 0 Å². The lowest BCUT2D eigenvalue weighted by Crippen LogP contribution is -2.40. The molecule has 0 heterocycles. The van der Waals surface area contributed by atoms with Gasteiger partial charge in [0.15, 0.2) is 6.29 Å². The van der Waals surface area contributed by atoms with Crippen molar-refractivity contribution in [3.63, 3.8) is 0 Å². The summed E-state index contributed by atoms with van der Waals surface area (Å²) in [6.07, 6.45) is -9.71. The number of carbonyl (C=O) groups excluding carboxylic acids is 1. The van der Waals surface area contributed by atoms with Gasteiger partial charge in [0.25, 0.3) is 0 Å². The smallest absolute Gasteiger partial charge is 0.475 e. The first-order valence-corrected chi connectivity index (χ1v) is 3.98. The van der Waals surface area contributed by atoms with Crippen LogP contribution in [0.15, 0.2) is 0 Å². The second kappa shape index (κ2) is 7.95. The zero-order chi connectivity index (χ0) is 14.2. The number of hydrogen-bond acceptors (Lipinski definition) is 6. The van der Waals surface area contributed by atoms with Crippen molar-refractivity contribution in [1.82, 2.24) is 0 Å². The van der Waals surface area contributed by atoms with Crippen molar-refractivity contribution in [3.05, 3.63) is 0 Å². The average molecular weight is 264 g/mol. The molecule has 0 aromatic carbocycles. The number of rotatable bonds is 4. The standard InChI is InChI=1S/C5H10O5.C2HF3O2/c6-1-3(8)5(10)4(9)2-7;3-2(4,5)1(6)7/h1,3-5,7-10H,2H2;(H,6,7)/t3-,4+,5+;/m0./s1. The summed E-state index contributed by atoms with van der Waals surface area (Å²) in [6.45, 7) is -0.688. The largest absolute Gasteiger partial charge is 0.490 e. The van der Waals surface area contributed by atoms with E-state index in [4.69, 9.17) is 30.3 Å². The van der Waals surface area contributed by atoms with Gasteiger partial charge in [-0.15, -0.1) is 0 Å². The predicted molar refractivity (Wildman–Crippen MR) is 44.9 cm³/mol. The summed E-state index contributed by atoms with van der Waals surface area (Å²) < 4.78 is 31.7. The maximum absolute atomic E-state index is 10.6. The van der Waals surface area contributed by atoms with Crippen LogP contribution < -0.4 is 0 Å². The highest BCUT2D eigenvalue weighted by molar-refractivity contribution is 5.73. The molecule has 0 rings (SSSR count). The fraction of sp³-hybridized carbons (Fsp3) is 0.714. The van der Waals surface area contributed by atoms with Gasteiger partial charge in [-0.25, -0.2) is 4.79 Å². The fourth-order valence-electron chi connectivity index (χ4n) is 0.416. The van der Waals surface area contributed by atoms with Crippen LogP contribution in [0, 0.1) is 0 Å². The first-order chi connectivity index (χ1) is 7.57. The van der Waals surface area contributed by atoms with Gasteiger partial charge in [0.2, 0.25) is 0 Å². The zero-order valence-corrected chi connectivity index (χ0v) is 8.20. The van der Waals surface area contributed by atoms with E-state index in [1.54, 1.807) is 0 Å². The minimum absolute atomic E-state index is 0.0869. The number of aliphatic hydroxyl groups excluding tert-OH is 4. The fourth-order valence-corrected chi connectivity index (χ4v) is 0.416. The lowest BCUT2D eigenvalue weighted by Gasteiger charge is -2.16. The third-order valence-corrected chi connectivity index (χ3v) is 1.31. The van der Waals surface area contributed by atoms with Crippen LogP contribution >= 0.6 is 0 Å². The number of carboxylic acid groups (broad SMARTS) is 1. The molecule has 0 spiro atoms. The van der Waals surface area contributed by atoms with Gasteiger partial charge in [0.1, 0.15) is 18.3 Å². The third-order valence-electron chi connectivity index (χ3n) is 1.31. The number of alkyl halides is 3. The Morgan fingerprint density at radius 1 is 1.24 bits per heavy atom. The zero-order valence-electron chi connectivity index (χ0n) is 8.20. The lowest BCUT2D eigenvalue weighted by atomic mass is 10.1. The molecule has 0 unspecified atom stereocenters. The molecule has 0 fully saturated rings. The minimum atomic E-state index is -5.08. The molecular weight excluding hydrogens is 253 g/mol. The summed E-state index contributed by atoms with van der Waals surface area (Å²) in [4.78, 5) is 18.7. The highest BCUT2D eigenvalue weighted by atomic mass is 19.4. The van der Waals surface area contributed by atoms with Crippen LogP contribution in [0.3, 0.4) is 0 Å². The number of aliphatic carboxylic acids is 1. The van der Waals surface area contributed by atoms with Gasteiger partial charge in [-0.2, -0.15) is 13.2 Å². The molecule has 0 saturated carbocycles. The van der Waals surface area contributed by atoms with Crippen LogP contribution in [-0.2, 0) is 9.59 Å². The molecule has 0 aromatic heterocycles. The summed E-state index contributed by atoms with van der Waals surface area (Å²) in [5.41, 5.74) is 0. The van der Waals surface area contributed by atoms with Crippen molar-refractivity contribution < 1.29 is 48.3 Å². The summed E-state index contributed by atoms with van der Waals surface area (Å²) in [6, 6.07) is 0. The normalized spacial score (nSPS) is 16.2. The Labute approximate surface area is 92.7 Å². The van der Waals surface area contributed by atoms with E-state index >= 15 is 0 Å². The second-order valence-electron chi connectivity index (χ2n) is 2.67. The van der Waals surface area contributed by atoms with E-state index in [1.165, 1.54) is 0 Å². The van der Waals surface area contributed by atoms with E-state index in [9.17, 15) is 18.0 Å². The molecule has 5 N–H and O–H groups in total. The average Bonchev–Trinajstić information content (AvgIpc) is 2.25. The molecule has 0 radical (unpaired) electrons. The van der Waals surface area contributed by atoms with E-state index in [2.05, 4.69) is 0 Å². The van der Waals surface area contributed by atoms with Crippen LogP contribution in [-0.4, -0.2) is 68.9 Å². The van der Waals surface area contributed by atoms with E-state index in [1.807, 2.05) is 0 Å². The first-order valence-electron chi connectivity index (χ1n) is 3.98. The van der Waals surface area contributed by atoms with Gasteiger partial charge in [-0.05, 0) is 0 Å². The Bertz CT molecular complexity index is 242. The third kappa shape index (κ3) is 8.56. The number of halogens is 3. The van der Waals surface area contributed by atoms with Gasteiger partial charge < -0.3 is 30.3 Å². The molecule has 10 heteroatoms. The molecule has 0 saturated heterocycles. The SMILES string of the molecule is O=C(O)C(F)(F)F.O=C[C@H](O)[C@@H](O)[C@H](O)CO. The highest BCUT2D eigenvalue weighted by Gasteiger charge is 2.38. The molecule has 3 atom stereocenters. The topological polar surface area (TPSA) is 135 Å². The van der Waals surface area contributed by atoms with Crippen LogP contribution in [0.5, 0.6) is 0 Å². The number of aliphatic hydroxyl groups is 4. The van der Waals surface area contributed by atoms with Crippen molar-refractivity contribution in [3.8, 4) is 0 Å². The minimum Gasteiger partial charge on any atom is -0.475 e. The van der Waals surface area contributed by atoms with E-state index < -0.39 is 37.1 Å². The molecular formula is C7H11F3O7. The Kier molecular flexibility index (Phi) is 8.48. The first kappa shape index (κ1) is 18.1. The number of hydrogen-bond donors (Lipinski definition) is 5. The molecule has 102 valence electrons. The maximum atomic E-state index is 10.6. The number of aldehydes is 1. The summed E-state index contributed by atoms with van der Waals surface area (Å²) in [7, 11) is 0. The summed E-state index contributed by atoms with van der Waals surface area (Å²) in [5, 5.41) is 41.2. The Balaban J connectivity index is 0. The molecule has 0 bridgehead atoms. The van der Waals surface area contributed by atoms with Gasteiger partial charge in [-0.1, -0.05) is 0 Å². The van der Waals surface area contributed by atoms with Crippen molar-refractivity contribution in [1.29, 1.82) is 0 Å². The monoisotopic (exact) mass is 264 g/mol. The van der Waals surface area contributed by atoms with E-state index in [0.29, 0.717) is 0 Å². The van der Waals surface area contributed by atoms with E-state index in [0.717, 1.165) is 0 Å². The van der Waals surface area contributed by atoms with Crippen LogP contribution in [0.2, 0.25) is 0 Å². The highest BCUT2D eigenvalue weighted by Crippen LogP contribution is 2.13. The van der Waals surface area contributed by atoms with Crippen LogP contribution in [0.25, 0.3) is 0 Å². The number of carboxylic acids is 1.